The Kier molecular flexibility index (Phi) is 4.96. The summed E-state index contributed by atoms with van der Waals surface area (Å²) in [5, 5.41) is 0. The maximum Gasteiger partial charge on any atom is 0.338 e. The van der Waals surface area contributed by atoms with Crippen molar-refractivity contribution in [2.45, 2.75) is 39.2 Å². The highest BCUT2D eigenvalue weighted by molar-refractivity contribution is 6.30. The van der Waals surface area contributed by atoms with Gasteiger partial charge in [0.1, 0.15) is 12.2 Å². The molecule has 6 heteroatoms. The molecule has 138 valence electrons. The summed E-state index contributed by atoms with van der Waals surface area (Å²) < 4.78 is 11.2. The van der Waals surface area contributed by atoms with Crippen LogP contribution >= 0.6 is 0 Å². The lowest BCUT2D eigenvalue weighted by atomic mass is 9.79. The third-order valence-corrected chi connectivity index (χ3v) is 5.32. The number of hydrogen-bond acceptors (Lipinski definition) is 5. The van der Waals surface area contributed by atoms with Crippen molar-refractivity contribution in [1.29, 1.82) is 0 Å². The zero-order valence-corrected chi connectivity index (χ0v) is 15.3. The lowest BCUT2D eigenvalue weighted by molar-refractivity contribution is -0.224. The van der Waals surface area contributed by atoms with E-state index in [9.17, 15) is 14.4 Å². The van der Waals surface area contributed by atoms with E-state index in [-0.39, 0.29) is 24.0 Å². The van der Waals surface area contributed by atoms with Gasteiger partial charge >= 0.3 is 5.97 Å². The first kappa shape index (κ1) is 18.3. The maximum atomic E-state index is 12.3. The summed E-state index contributed by atoms with van der Waals surface area (Å²) in [6.45, 7) is 6.68. The Balaban J connectivity index is 1.65. The predicted octanol–water partition coefficient (Wildman–Crippen LogP) is 2.87. The molecule has 0 spiro atoms. The second kappa shape index (κ2) is 7.03. The number of imide groups is 1. The average Bonchev–Trinajstić information content (AvgIpc) is 2.87. The quantitative estimate of drug-likeness (QED) is 0.578. The molecule has 6 nitrogen and oxygen atoms in total. The van der Waals surface area contributed by atoms with Crippen LogP contribution in [-0.4, -0.2) is 36.6 Å². The van der Waals surface area contributed by atoms with Gasteiger partial charge in [-0.3, -0.25) is 9.59 Å². The van der Waals surface area contributed by atoms with Crippen LogP contribution in [0, 0.1) is 5.92 Å². The first-order valence-electron chi connectivity index (χ1n) is 8.89. The summed E-state index contributed by atoms with van der Waals surface area (Å²) in [5.41, 5.74) is 0.829. The van der Waals surface area contributed by atoms with Crippen LogP contribution in [0.5, 0.6) is 0 Å². The Bertz CT molecular complexity index is 761. The van der Waals surface area contributed by atoms with Crippen molar-refractivity contribution in [2.75, 3.05) is 18.1 Å². The van der Waals surface area contributed by atoms with Gasteiger partial charge in [0.15, 0.2) is 0 Å². The number of benzene rings is 1. The van der Waals surface area contributed by atoms with E-state index in [0.29, 0.717) is 29.3 Å². The summed E-state index contributed by atoms with van der Waals surface area (Å²) >= 11 is 0. The summed E-state index contributed by atoms with van der Waals surface area (Å²) in [6.07, 6.45) is 3.09. The number of anilines is 1. The Morgan fingerprint density at radius 1 is 1.27 bits per heavy atom. The molecule has 1 saturated heterocycles. The number of esters is 1. The number of amides is 2. The molecule has 1 aromatic carbocycles. The normalized spacial score (nSPS) is 25.1. The maximum absolute atomic E-state index is 12.3. The summed E-state index contributed by atoms with van der Waals surface area (Å²) in [7, 11) is 0. The zero-order valence-electron chi connectivity index (χ0n) is 15.3. The minimum absolute atomic E-state index is 0.231. The first-order chi connectivity index (χ1) is 12.4. The summed E-state index contributed by atoms with van der Waals surface area (Å²) in [5.74, 6) is -0.753. The molecule has 2 aliphatic rings. The second-order valence-electron chi connectivity index (χ2n) is 6.76. The van der Waals surface area contributed by atoms with E-state index in [4.69, 9.17) is 9.47 Å². The number of hydrogen-bond donors (Lipinski definition) is 0. The van der Waals surface area contributed by atoms with Crippen LogP contribution in [0.4, 0.5) is 5.69 Å². The lowest BCUT2D eigenvalue weighted by Crippen LogP contribution is -2.56. The molecule has 2 unspecified atom stereocenters. The van der Waals surface area contributed by atoms with Gasteiger partial charge in [-0.05, 0) is 44.0 Å². The van der Waals surface area contributed by atoms with Gasteiger partial charge in [-0.15, -0.1) is 0 Å². The molecular formula is C20H23NO5. The third-order valence-electron chi connectivity index (χ3n) is 5.32. The monoisotopic (exact) mass is 357 g/mol. The van der Waals surface area contributed by atoms with Gasteiger partial charge in [-0.25, -0.2) is 9.69 Å². The molecule has 0 saturated carbocycles. The van der Waals surface area contributed by atoms with Crippen LogP contribution in [-0.2, 0) is 19.1 Å². The van der Waals surface area contributed by atoms with E-state index in [2.05, 4.69) is 6.92 Å². The van der Waals surface area contributed by atoms with Crippen molar-refractivity contribution >= 4 is 23.5 Å². The Hall–Kier alpha value is -2.47. The molecule has 0 radical (unpaired) electrons. The third kappa shape index (κ3) is 3.05. The molecule has 0 bridgehead atoms. The van der Waals surface area contributed by atoms with Gasteiger partial charge in [0.2, 0.25) is 0 Å². The fraction of sp³-hybridized carbons (Fsp3) is 0.450. The van der Waals surface area contributed by atoms with Crippen LogP contribution < -0.4 is 4.90 Å². The topological polar surface area (TPSA) is 72.9 Å². The van der Waals surface area contributed by atoms with Gasteiger partial charge in [-0.1, -0.05) is 13.8 Å². The molecule has 0 aliphatic carbocycles. The number of ether oxygens (including phenoxy) is 2. The van der Waals surface area contributed by atoms with Gasteiger partial charge in [0, 0.05) is 17.6 Å². The minimum atomic E-state index is -0.442. The van der Waals surface area contributed by atoms with E-state index in [1.807, 2.05) is 6.92 Å². The van der Waals surface area contributed by atoms with Crippen molar-refractivity contribution in [3.05, 3.63) is 41.5 Å². The Morgan fingerprint density at radius 2 is 1.96 bits per heavy atom. The van der Waals surface area contributed by atoms with Crippen LogP contribution in [0.25, 0.3) is 0 Å². The number of carbonyl (C=O) groups is 3. The minimum Gasteiger partial charge on any atom is -0.459 e. The average molecular weight is 357 g/mol. The second-order valence-corrected chi connectivity index (χ2v) is 6.76. The Labute approximate surface area is 152 Å². The molecule has 2 atom stereocenters. The van der Waals surface area contributed by atoms with E-state index < -0.39 is 5.97 Å². The molecule has 3 rings (SSSR count). The van der Waals surface area contributed by atoms with Crippen LogP contribution in [0.1, 0.15) is 44.0 Å². The van der Waals surface area contributed by atoms with Crippen LogP contribution in [0.3, 0.4) is 0 Å². The molecule has 2 aliphatic heterocycles. The first-order valence-corrected chi connectivity index (χ1v) is 8.89. The van der Waals surface area contributed by atoms with Gasteiger partial charge < -0.3 is 9.47 Å². The van der Waals surface area contributed by atoms with Crippen LogP contribution in [0.15, 0.2) is 35.9 Å². The van der Waals surface area contributed by atoms with Gasteiger partial charge in [0.05, 0.1) is 17.9 Å². The molecular weight excluding hydrogens is 334 g/mol. The zero-order chi connectivity index (χ0) is 18.9. The van der Waals surface area contributed by atoms with E-state index in [1.165, 1.54) is 6.08 Å². The molecule has 0 N–H and O–H groups in total. The summed E-state index contributed by atoms with van der Waals surface area (Å²) in [6, 6.07) is 6.26. The molecule has 1 aromatic rings. The number of rotatable bonds is 6. The van der Waals surface area contributed by atoms with Crippen molar-refractivity contribution in [2.24, 2.45) is 5.92 Å². The standard InChI is InChI=1S/C20H23NO5/c1-4-15-11-26-20(15,5-2)12-25-19(24)14-6-8-16(9-7-14)21-17(22)10-13(3)18(21)23/h6-10,15H,4-5,11-12H2,1-3H3. The van der Waals surface area contributed by atoms with Crippen molar-refractivity contribution in [1.82, 2.24) is 0 Å². The molecule has 0 aromatic heterocycles. The molecule has 1 fully saturated rings. The Morgan fingerprint density at radius 3 is 2.42 bits per heavy atom. The van der Waals surface area contributed by atoms with E-state index in [0.717, 1.165) is 17.7 Å². The van der Waals surface area contributed by atoms with Gasteiger partial charge in [0.25, 0.3) is 11.8 Å². The molecule has 26 heavy (non-hydrogen) atoms. The summed E-state index contributed by atoms with van der Waals surface area (Å²) in [4.78, 5) is 37.3. The highest BCUT2D eigenvalue weighted by Gasteiger charge is 2.47. The fourth-order valence-corrected chi connectivity index (χ4v) is 3.43. The molecule has 2 heterocycles. The SMILES string of the molecule is CCC1COC1(CC)COC(=O)c1ccc(N2C(=O)C=C(C)C2=O)cc1. The van der Waals surface area contributed by atoms with Crippen molar-refractivity contribution < 1.29 is 23.9 Å². The highest BCUT2D eigenvalue weighted by Crippen LogP contribution is 2.38. The van der Waals surface area contributed by atoms with E-state index in [1.54, 1.807) is 31.2 Å². The smallest absolute Gasteiger partial charge is 0.338 e. The molecule has 2 amide bonds. The fourth-order valence-electron chi connectivity index (χ4n) is 3.43. The number of carbonyl (C=O) groups excluding carboxylic acids is 3. The van der Waals surface area contributed by atoms with Crippen molar-refractivity contribution in [3.63, 3.8) is 0 Å². The van der Waals surface area contributed by atoms with Crippen molar-refractivity contribution in [3.8, 4) is 0 Å². The lowest BCUT2D eigenvalue weighted by Gasteiger charge is -2.48. The van der Waals surface area contributed by atoms with Gasteiger partial charge in [-0.2, -0.15) is 0 Å². The number of nitrogens with zero attached hydrogens (tertiary/aromatic N) is 1. The highest BCUT2D eigenvalue weighted by atomic mass is 16.6. The predicted molar refractivity (Wildman–Crippen MR) is 95.7 cm³/mol. The largest absolute Gasteiger partial charge is 0.459 e. The van der Waals surface area contributed by atoms with E-state index >= 15 is 0 Å². The van der Waals surface area contributed by atoms with Crippen LogP contribution in [0.2, 0.25) is 0 Å².